The summed E-state index contributed by atoms with van der Waals surface area (Å²) in [6.45, 7) is 1.87. The molecule has 19 heavy (non-hydrogen) atoms. The van der Waals surface area contributed by atoms with Crippen LogP contribution in [0.5, 0.6) is 0 Å². The summed E-state index contributed by atoms with van der Waals surface area (Å²) in [6, 6.07) is 9.90. The zero-order valence-corrected chi connectivity index (χ0v) is 13.4. The van der Waals surface area contributed by atoms with Gasteiger partial charge in [0.05, 0.1) is 0 Å². The molecule has 0 saturated heterocycles. The number of rotatable bonds is 3. The van der Waals surface area contributed by atoms with E-state index in [1.165, 1.54) is 12.1 Å². The molecule has 0 amide bonds. The third kappa shape index (κ3) is 3.51. The summed E-state index contributed by atoms with van der Waals surface area (Å²) in [5, 5.41) is 0. The van der Waals surface area contributed by atoms with E-state index in [1.54, 1.807) is 12.1 Å². The van der Waals surface area contributed by atoms with Crippen molar-refractivity contribution in [3.63, 3.8) is 0 Å². The Morgan fingerprint density at radius 3 is 2.58 bits per heavy atom. The number of halogens is 3. The number of Topliss-reactive ketones (excluding diaryl/α,β-unsaturated/α-hetero) is 1. The number of benzene rings is 2. The van der Waals surface area contributed by atoms with E-state index in [0.717, 1.165) is 20.1 Å². The minimum absolute atomic E-state index is 0.0342. The molecule has 0 aromatic heterocycles. The van der Waals surface area contributed by atoms with Gasteiger partial charge in [-0.1, -0.05) is 37.9 Å². The summed E-state index contributed by atoms with van der Waals surface area (Å²) in [5.74, 6) is -0.351. The molecule has 0 radical (unpaired) electrons. The van der Waals surface area contributed by atoms with Gasteiger partial charge < -0.3 is 0 Å². The lowest BCUT2D eigenvalue weighted by Gasteiger charge is -2.07. The van der Waals surface area contributed by atoms with Gasteiger partial charge in [-0.3, -0.25) is 4.79 Å². The van der Waals surface area contributed by atoms with Crippen LogP contribution in [0.4, 0.5) is 4.39 Å². The van der Waals surface area contributed by atoms with Crippen molar-refractivity contribution >= 4 is 37.6 Å². The topological polar surface area (TPSA) is 17.1 Å². The molecule has 2 aromatic rings. The number of carbonyl (C=O) groups is 1. The van der Waals surface area contributed by atoms with Crippen molar-refractivity contribution in [3.05, 3.63) is 67.9 Å². The van der Waals surface area contributed by atoms with Gasteiger partial charge in [-0.25, -0.2) is 4.39 Å². The monoisotopic (exact) mass is 384 g/mol. The average Bonchev–Trinajstić information content (AvgIpc) is 2.33. The minimum Gasteiger partial charge on any atom is -0.294 e. The molecular weight excluding hydrogens is 375 g/mol. The van der Waals surface area contributed by atoms with E-state index in [9.17, 15) is 9.18 Å². The molecule has 98 valence electrons. The number of carbonyl (C=O) groups excluding carboxylic acids is 1. The molecule has 0 N–H and O–H groups in total. The molecule has 0 aliphatic carbocycles. The highest BCUT2D eigenvalue weighted by molar-refractivity contribution is 9.11. The summed E-state index contributed by atoms with van der Waals surface area (Å²) in [4.78, 5) is 12.2. The molecule has 0 unspecified atom stereocenters. The fourth-order valence-electron chi connectivity index (χ4n) is 1.81. The van der Waals surface area contributed by atoms with E-state index >= 15 is 0 Å². The molecule has 2 rings (SSSR count). The van der Waals surface area contributed by atoms with Crippen LogP contribution in [-0.2, 0) is 6.42 Å². The molecule has 1 nitrogen and oxygen atoms in total. The van der Waals surface area contributed by atoms with Crippen LogP contribution in [-0.4, -0.2) is 5.78 Å². The van der Waals surface area contributed by atoms with E-state index in [1.807, 2.05) is 19.1 Å². The van der Waals surface area contributed by atoms with Gasteiger partial charge in [-0.05, 0) is 48.4 Å². The standard InChI is InChI=1S/C15H11Br2FO/c1-9-2-4-12(18)6-10(9)7-15(19)13-5-3-11(16)8-14(13)17/h2-6,8H,7H2,1H3. The number of aryl methyl sites for hydroxylation is 1. The molecule has 2 aromatic carbocycles. The van der Waals surface area contributed by atoms with Crippen LogP contribution in [0.1, 0.15) is 21.5 Å². The van der Waals surface area contributed by atoms with Crippen molar-refractivity contribution < 1.29 is 9.18 Å². The van der Waals surface area contributed by atoms with Crippen LogP contribution in [0.15, 0.2) is 45.3 Å². The first-order valence-electron chi connectivity index (χ1n) is 5.70. The zero-order valence-electron chi connectivity index (χ0n) is 10.2. The lowest BCUT2D eigenvalue weighted by Crippen LogP contribution is -2.06. The Balaban J connectivity index is 2.28. The molecule has 0 atom stereocenters. The highest BCUT2D eigenvalue weighted by Crippen LogP contribution is 2.24. The van der Waals surface area contributed by atoms with E-state index in [2.05, 4.69) is 31.9 Å². The second kappa shape index (κ2) is 5.97. The van der Waals surface area contributed by atoms with Crippen LogP contribution in [0.3, 0.4) is 0 Å². The normalized spacial score (nSPS) is 10.5. The van der Waals surface area contributed by atoms with Crippen LogP contribution in [0.2, 0.25) is 0 Å². The van der Waals surface area contributed by atoms with Gasteiger partial charge in [0.15, 0.2) is 5.78 Å². The molecule has 0 saturated carbocycles. The maximum absolute atomic E-state index is 13.2. The SMILES string of the molecule is Cc1ccc(F)cc1CC(=O)c1ccc(Br)cc1Br. The van der Waals surface area contributed by atoms with Crippen molar-refractivity contribution in [3.8, 4) is 0 Å². The molecule has 4 heteroatoms. The Morgan fingerprint density at radius 2 is 1.89 bits per heavy atom. The highest BCUT2D eigenvalue weighted by atomic mass is 79.9. The van der Waals surface area contributed by atoms with Crippen LogP contribution >= 0.6 is 31.9 Å². The van der Waals surface area contributed by atoms with Crippen LogP contribution in [0, 0.1) is 12.7 Å². The van der Waals surface area contributed by atoms with Crippen molar-refractivity contribution in [1.29, 1.82) is 0 Å². The van der Waals surface area contributed by atoms with Gasteiger partial charge in [-0.15, -0.1) is 0 Å². The van der Waals surface area contributed by atoms with Gasteiger partial charge in [0, 0.05) is 20.9 Å². The first-order valence-corrected chi connectivity index (χ1v) is 7.29. The van der Waals surface area contributed by atoms with Crippen LogP contribution in [0.25, 0.3) is 0 Å². The number of ketones is 1. The molecule has 0 spiro atoms. The third-order valence-electron chi connectivity index (χ3n) is 2.89. The molecule has 0 aliphatic heterocycles. The number of hydrogen-bond donors (Lipinski definition) is 0. The summed E-state index contributed by atoms with van der Waals surface area (Å²) >= 11 is 6.71. The van der Waals surface area contributed by atoms with Gasteiger partial charge in [0.1, 0.15) is 5.82 Å². The summed E-state index contributed by atoms with van der Waals surface area (Å²) in [5.41, 5.74) is 2.25. The van der Waals surface area contributed by atoms with Crippen LogP contribution < -0.4 is 0 Å². The lowest BCUT2D eigenvalue weighted by atomic mass is 9.99. The van der Waals surface area contributed by atoms with Crippen molar-refractivity contribution in [2.45, 2.75) is 13.3 Å². The number of hydrogen-bond acceptors (Lipinski definition) is 1. The lowest BCUT2D eigenvalue weighted by molar-refractivity contribution is 0.0992. The second-order valence-electron chi connectivity index (χ2n) is 4.29. The highest BCUT2D eigenvalue weighted by Gasteiger charge is 2.13. The molecule has 0 fully saturated rings. The quantitative estimate of drug-likeness (QED) is 0.673. The van der Waals surface area contributed by atoms with Gasteiger partial charge in [-0.2, -0.15) is 0 Å². The molecule has 0 aliphatic rings. The zero-order chi connectivity index (χ0) is 14.0. The average molecular weight is 386 g/mol. The second-order valence-corrected chi connectivity index (χ2v) is 6.06. The van der Waals surface area contributed by atoms with E-state index in [4.69, 9.17) is 0 Å². The minimum atomic E-state index is -0.316. The predicted octanol–water partition coefficient (Wildman–Crippen LogP) is 5.08. The molecular formula is C15H11Br2FO. The fourth-order valence-corrected chi connectivity index (χ4v) is 3.08. The smallest absolute Gasteiger partial charge is 0.168 e. The Labute approximate surface area is 128 Å². The maximum Gasteiger partial charge on any atom is 0.168 e. The van der Waals surface area contributed by atoms with Gasteiger partial charge >= 0.3 is 0 Å². The third-order valence-corrected chi connectivity index (χ3v) is 4.04. The van der Waals surface area contributed by atoms with E-state index in [-0.39, 0.29) is 18.0 Å². The summed E-state index contributed by atoms with van der Waals surface area (Å²) < 4.78 is 14.8. The first-order chi connectivity index (χ1) is 8.97. The van der Waals surface area contributed by atoms with E-state index < -0.39 is 0 Å². The summed E-state index contributed by atoms with van der Waals surface area (Å²) in [7, 11) is 0. The Kier molecular flexibility index (Phi) is 4.53. The Bertz CT molecular complexity index is 638. The Morgan fingerprint density at radius 1 is 1.16 bits per heavy atom. The van der Waals surface area contributed by atoms with Gasteiger partial charge in [0.25, 0.3) is 0 Å². The van der Waals surface area contributed by atoms with Crippen molar-refractivity contribution in [2.75, 3.05) is 0 Å². The first kappa shape index (κ1) is 14.4. The van der Waals surface area contributed by atoms with Crippen molar-refractivity contribution in [1.82, 2.24) is 0 Å². The predicted molar refractivity (Wildman–Crippen MR) is 81.0 cm³/mol. The summed E-state index contributed by atoms with van der Waals surface area (Å²) in [6.07, 6.45) is 0.198. The molecule has 0 heterocycles. The largest absolute Gasteiger partial charge is 0.294 e. The fraction of sp³-hybridized carbons (Fsp3) is 0.133. The van der Waals surface area contributed by atoms with Crippen molar-refractivity contribution in [2.24, 2.45) is 0 Å². The van der Waals surface area contributed by atoms with E-state index in [0.29, 0.717) is 5.56 Å². The molecule has 0 bridgehead atoms. The Hall–Kier alpha value is -1.000. The maximum atomic E-state index is 13.2. The van der Waals surface area contributed by atoms with Gasteiger partial charge in [0.2, 0.25) is 0 Å².